The second kappa shape index (κ2) is 13.3. The molecule has 42 heavy (non-hydrogen) atoms. The summed E-state index contributed by atoms with van der Waals surface area (Å²) in [7, 11) is 0. The summed E-state index contributed by atoms with van der Waals surface area (Å²) in [5, 5.41) is 35.7. The van der Waals surface area contributed by atoms with Crippen LogP contribution in [0.3, 0.4) is 0 Å². The molecular formula is C32H52N2O8. The predicted molar refractivity (Wildman–Crippen MR) is 155 cm³/mol. The summed E-state index contributed by atoms with van der Waals surface area (Å²) >= 11 is 0. The minimum absolute atomic E-state index is 0.0188. The van der Waals surface area contributed by atoms with Crippen LogP contribution in [0, 0.1) is 29.6 Å². The Morgan fingerprint density at radius 2 is 1.98 bits per heavy atom. The lowest BCUT2D eigenvalue weighted by Crippen LogP contribution is -2.69. The van der Waals surface area contributed by atoms with E-state index in [0.29, 0.717) is 30.8 Å². The lowest BCUT2D eigenvalue weighted by molar-refractivity contribution is -0.292. The number of hydrogen-bond acceptors (Lipinski definition) is 10. The zero-order valence-electron chi connectivity index (χ0n) is 25.5. The molecule has 0 radical (unpaired) electrons. The van der Waals surface area contributed by atoms with Crippen molar-refractivity contribution in [3.05, 3.63) is 11.6 Å². The van der Waals surface area contributed by atoms with Crippen LogP contribution in [0.1, 0.15) is 85.0 Å². The number of piperidine rings is 1. The first-order valence-electron chi connectivity index (χ1n) is 16.2. The Balaban J connectivity index is 1.47. The van der Waals surface area contributed by atoms with Crippen molar-refractivity contribution in [2.75, 3.05) is 13.2 Å². The van der Waals surface area contributed by atoms with Crippen molar-refractivity contribution in [3.63, 3.8) is 0 Å². The van der Waals surface area contributed by atoms with Gasteiger partial charge >= 0.3 is 5.97 Å². The van der Waals surface area contributed by atoms with E-state index in [1.165, 1.54) is 0 Å². The third-order valence-electron chi connectivity index (χ3n) is 11.1. The Morgan fingerprint density at radius 3 is 2.64 bits per heavy atom. The van der Waals surface area contributed by atoms with Crippen molar-refractivity contribution < 1.29 is 39.1 Å². The van der Waals surface area contributed by atoms with Crippen molar-refractivity contribution in [1.29, 1.82) is 0 Å². The predicted octanol–water partition coefficient (Wildman–Crippen LogP) is 1.97. The first-order chi connectivity index (χ1) is 20.0. The summed E-state index contributed by atoms with van der Waals surface area (Å²) in [4.78, 5) is 26.5. The molecule has 13 atom stereocenters. The van der Waals surface area contributed by atoms with Crippen LogP contribution in [0.25, 0.3) is 0 Å². The third kappa shape index (κ3) is 6.50. The number of hydrogen-bond donors (Lipinski definition) is 5. The maximum Gasteiger partial charge on any atom is 0.333 e. The van der Waals surface area contributed by atoms with Gasteiger partial charge in [0, 0.05) is 23.8 Å². The molecule has 10 heteroatoms. The summed E-state index contributed by atoms with van der Waals surface area (Å²) in [5.41, 5.74) is 5.74. The highest BCUT2D eigenvalue weighted by Crippen LogP contribution is 2.53. The SMILES string of the molecule is CC=C(C)C(=O)OC1CC2C(O)C3C(=O)CC(CO)OC3C(C3CCCC(O)C3)C2OC1(C)CCC1CCC(N)NC1. The molecule has 6 N–H and O–H groups in total. The Kier molecular flexibility index (Phi) is 10.1. The standard InChI is InChI=1S/C32H52N2O8/c1-4-17(2)31(39)41-24-14-22-28(38)27-23(37)13-21(16-35)40-30(27)26(19-6-5-7-20(36)12-19)29(22)42-32(24,3)11-10-18-8-9-25(33)34-15-18/h4,18-22,24-30,34-36,38H,5-16,33H2,1-3H3. The quantitative estimate of drug-likeness (QED) is 0.218. The number of allylic oxidation sites excluding steroid dienone is 1. The zero-order valence-corrected chi connectivity index (χ0v) is 25.5. The van der Waals surface area contributed by atoms with Gasteiger partial charge in [-0.1, -0.05) is 12.5 Å². The van der Waals surface area contributed by atoms with E-state index < -0.39 is 60.0 Å². The number of ether oxygens (including phenoxy) is 3. The molecule has 3 saturated heterocycles. The fourth-order valence-corrected chi connectivity index (χ4v) is 8.47. The lowest BCUT2D eigenvalue weighted by atomic mass is 9.58. The van der Waals surface area contributed by atoms with Gasteiger partial charge in [-0.2, -0.15) is 0 Å². The molecule has 0 spiro atoms. The number of Topliss-reactive ketones (excluding diaryl/α,β-unsaturated/α-hetero) is 1. The molecule has 2 aliphatic carbocycles. The minimum atomic E-state index is -1.02. The summed E-state index contributed by atoms with van der Waals surface area (Å²) in [6, 6.07) is 0. The lowest BCUT2D eigenvalue weighted by Gasteiger charge is -2.59. The van der Waals surface area contributed by atoms with Gasteiger partial charge in [0.25, 0.3) is 0 Å². The number of esters is 1. The van der Waals surface area contributed by atoms with Crippen LogP contribution < -0.4 is 11.1 Å². The van der Waals surface area contributed by atoms with E-state index in [-0.39, 0.29) is 36.8 Å². The van der Waals surface area contributed by atoms with Gasteiger partial charge in [0.1, 0.15) is 17.5 Å². The molecule has 5 fully saturated rings. The molecule has 0 aromatic carbocycles. The van der Waals surface area contributed by atoms with Crippen molar-refractivity contribution in [2.24, 2.45) is 35.3 Å². The van der Waals surface area contributed by atoms with E-state index in [1.807, 2.05) is 6.92 Å². The summed E-state index contributed by atoms with van der Waals surface area (Å²) < 4.78 is 19.6. The van der Waals surface area contributed by atoms with Gasteiger partial charge in [-0.05, 0) is 90.5 Å². The van der Waals surface area contributed by atoms with Crippen LogP contribution in [0.15, 0.2) is 11.6 Å². The van der Waals surface area contributed by atoms with Crippen LogP contribution in [0.4, 0.5) is 0 Å². The van der Waals surface area contributed by atoms with E-state index in [0.717, 1.165) is 45.1 Å². The smallest absolute Gasteiger partial charge is 0.333 e. The first kappa shape index (κ1) is 32.0. The molecule has 3 heterocycles. The van der Waals surface area contributed by atoms with Crippen LogP contribution in [-0.2, 0) is 23.8 Å². The van der Waals surface area contributed by atoms with Crippen LogP contribution >= 0.6 is 0 Å². The van der Waals surface area contributed by atoms with Gasteiger partial charge in [-0.25, -0.2) is 4.79 Å². The molecule has 10 nitrogen and oxygen atoms in total. The van der Waals surface area contributed by atoms with Gasteiger partial charge in [-0.15, -0.1) is 0 Å². The van der Waals surface area contributed by atoms with Gasteiger partial charge in [0.15, 0.2) is 0 Å². The normalized spacial score (nSPS) is 46.5. The molecule has 238 valence electrons. The number of ketones is 1. The molecule has 3 aliphatic heterocycles. The summed E-state index contributed by atoms with van der Waals surface area (Å²) in [5.74, 6) is -1.45. The summed E-state index contributed by atoms with van der Waals surface area (Å²) in [6.07, 6.45) is 4.99. The fourth-order valence-electron chi connectivity index (χ4n) is 8.47. The Hall–Kier alpha value is -1.40. The molecule has 0 aromatic rings. The number of nitrogens with two attached hydrogens (primary N) is 1. The number of fused-ring (bicyclic) bond motifs is 2. The van der Waals surface area contributed by atoms with Crippen molar-refractivity contribution >= 4 is 11.8 Å². The number of carbonyl (C=O) groups is 2. The molecule has 13 unspecified atom stereocenters. The van der Waals surface area contributed by atoms with E-state index in [1.54, 1.807) is 19.9 Å². The largest absolute Gasteiger partial charge is 0.456 e. The number of rotatable bonds is 7. The Morgan fingerprint density at radius 1 is 1.19 bits per heavy atom. The highest BCUT2D eigenvalue weighted by atomic mass is 16.6. The number of aliphatic hydroxyl groups is 3. The Bertz CT molecular complexity index is 999. The number of aliphatic hydroxyl groups excluding tert-OH is 3. The second-order valence-corrected chi connectivity index (χ2v) is 13.9. The molecular weight excluding hydrogens is 540 g/mol. The fraction of sp³-hybridized carbons (Fsp3) is 0.875. The van der Waals surface area contributed by atoms with Gasteiger partial charge < -0.3 is 40.6 Å². The average molecular weight is 593 g/mol. The maximum absolute atomic E-state index is 13.4. The van der Waals surface area contributed by atoms with Crippen molar-refractivity contribution in [3.8, 4) is 0 Å². The molecule has 5 aliphatic rings. The van der Waals surface area contributed by atoms with Gasteiger partial charge in [0.05, 0.1) is 49.2 Å². The van der Waals surface area contributed by atoms with Crippen LogP contribution in [-0.4, -0.2) is 88.6 Å². The van der Waals surface area contributed by atoms with Crippen LogP contribution in [0.2, 0.25) is 0 Å². The monoisotopic (exact) mass is 592 g/mol. The topological polar surface area (TPSA) is 161 Å². The maximum atomic E-state index is 13.4. The average Bonchev–Trinajstić information content (AvgIpc) is 2.97. The molecule has 5 rings (SSSR count). The number of carbonyl (C=O) groups excluding carboxylic acids is 2. The van der Waals surface area contributed by atoms with Gasteiger partial charge in [0.2, 0.25) is 0 Å². The third-order valence-corrected chi connectivity index (χ3v) is 11.1. The van der Waals surface area contributed by atoms with Crippen molar-refractivity contribution in [2.45, 2.75) is 133 Å². The Labute approximate surface area is 249 Å². The van der Waals surface area contributed by atoms with Crippen LogP contribution in [0.5, 0.6) is 0 Å². The summed E-state index contributed by atoms with van der Waals surface area (Å²) in [6.45, 7) is 6.10. The highest BCUT2D eigenvalue weighted by Gasteiger charge is 2.62. The second-order valence-electron chi connectivity index (χ2n) is 13.9. The molecule has 0 aromatic heterocycles. The zero-order chi connectivity index (χ0) is 30.2. The minimum Gasteiger partial charge on any atom is -0.456 e. The molecule has 0 bridgehead atoms. The van der Waals surface area contributed by atoms with E-state index in [9.17, 15) is 24.9 Å². The number of nitrogens with one attached hydrogen (secondary N) is 1. The molecule has 0 amide bonds. The van der Waals surface area contributed by atoms with Crippen molar-refractivity contribution in [1.82, 2.24) is 5.32 Å². The van der Waals surface area contributed by atoms with E-state index in [4.69, 9.17) is 19.9 Å². The first-order valence-corrected chi connectivity index (χ1v) is 16.2. The highest BCUT2D eigenvalue weighted by molar-refractivity contribution is 5.87. The molecule has 2 saturated carbocycles. The van der Waals surface area contributed by atoms with E-state index in [2.05, 4.69) is 5.32 Å². The van der Waals surface area contributed by atoms with Gasteiger partial charge in [-0.3, -0.25) is 4.79 Å². The van der Waals surface area contributed by atoms with E-state index >= 15 is 0 Å².